The van der Waals surface area contributed by atoms with Crippen LogP contribution in [0.1, 0.15) is 58.6 Å². The lowest BCUT2D eigenvalue weighted by molar-refractivity contribution is 0.245. The van der Waals surface area contributed by atoms with E-state index in [0.29, 0.717) is 17.9 Å². The fourth-order valence-corrected chi connectivity index (χ4v) is 3.49. The van der Waals surface area contributed by atoms with Crippen LogP contribution in [0.15, 0.2) is 4.99 Å². The van der Waals surface area contributed by atoms with Gasteiger partial charge in [-0.3, -0.25) is 4.99 Å². The summed E-state index contributed by atoms with van der Waals surface area (Å²) >= 11 is 0. The van der Waals surface area contributed by atoms with Crippen LogP contribution < -0.4 is 10.6 Å². The minimum absolute atomic E-state index is 0.230. The van der Waals surface area contributed by atoms with Gasteiger partial charge in [0, 0.05) is 38.6 Å². The lowest BCUT2D eigenvalue weighted by atomic mass is 9.94. The Hall–Kier alpha value is -1.63. The molecule has 148 valence electrons. The summed E-state index contributed by atoms with van der Waals surface area (Å²) in [4.78, 5) is 9.38. The van der Waals surface area contributed by atoms with Crippen molar-refractivity contribution in [1.29, 1.82) is 0 Å². The number of nitrogens with one attached hydrogen (secondary N) is 2. The Kier molecular flexibility index (Phi) is 8.35. The van der Waals surface area contributed by atoms with Gasteiger partial charge in [-0.2, -0.15) is 5.10 Å². The van der Waals surface area contributed by atoms with Gasteiger partial charge in [0.05, 0.1) is 6.54 Å². The zero-order valence-electron chi connectivity index (χ0n) is 16.8. The number of rotatable bonds is 9. The van der Waals surface area contributed by atoms with Gasteiger partial charge in [-0.15, -0.1) is 0 Å². The average molecular weight is 365 g/mol. The summed E-state index contributed by atoms with van der Waals surface area (Å²) in [5, 5.41) is 20.8. The molecule has 0 amide bonds. The molecule has 2 rings (SSSR count). The van der Waals surface area contributed by atoms with Crippen molar-refractivity contribution in [2.24, 2.45) is 16.8 Å². The molecule has 1 aromatic heterocycles. The highest BCUT2D eigenvalue weighted by atomic mass is 16.3. The Labute approximate surface area is 157 Å². The number of aliphatic imine (C=N–C) groups is 1. The van der Waals surface area contributed by atoms with Gasteiger partial charge in [-0.25, -0.2) is 9.67 Å². The average Bonchev–Trinajstić information content (AvgIpc) is 3.02. The van der Waals surface area contributed by atoms with E-state index in [1.54, 1.807) is 0 Å². The first-order valence-corrected chi connectivity index (χ1v) is 10.1. The number of aryl methyl sites for hydroxylation is 2. The molecule has 0 aliphatic carbocycles. The molecule has 26 heavy (non-hydrogen) atoms. The monoisotopic (exact) mass is 364 g/mol. The second kappa shape index (κ2) is 10.5. The van der Waals surface area contributed by atoms with Crippen molar-refractivity contribution in [2.45, 2.75) is 72.4 Å². The number of guanidine groups is 1. The van der Waals surface area contributed by atoms with Crippen molar-refractivity contribution in [3.63, 3.8) is 0 Å². The summed E-state index contributed by atoms with van der Waals surface area (Å²) in [7, 11) is 0. The summed E-state index contributed by atoms with van der Waals surface area (Å²) in [6.45, 7) is 11.3. The van der Waals surface area contributed by atoms with Gasteiger partial charge in [0.25, 0.3) is 0 Å². The van der Waals surface area contributed by atoms with E-state index < -0.39 is 0 Å². The highest BCUT2D eigenvalue weighted by Gasteiger charge is 2.22. The molecule has 7 nitrogen and oxygen atoms in total. The third-order valence-electron chi connectivity index (χ3n) is 4.75. The van der Waals surface area contributed by atoms with Crippen molar-refractivity contribution in [2.75, 3.05) is 19.7 Å². The van der Waals surface area contributed by atoms with Gasteiger partial charge in [0.2, 0.25) is 0 Å². The zero-order valence-corrected chi connectivity index (χ0v) is 16.8. The van der Waals surface area contributed by atoms with Crippen molar-refractivity contribution >= 4 is 5.96 Å². The number of hydrogen-bond donors (Lipinski definition) is 3. The number of aliphatic hydroxyl groups excluding tert-OH is 1. The van der Waals surface area contributed by atoms with Crippen LogP contribution in [-0.2, 0) is 19.4 Å². The molecule has 0 fully saturated rings. The summed E-state index contributed by atoms with van der Waals surface area (Å²) in [5.41, 5.74) is 0. The molecule has 0 spiro atoms. The number of nitrogens with zero attached hydrogens (tertiary/aromatic N) is 4. The van der Waals surface area contributed by atoms with Crippen LogP contribution >= 0.6 is 0 Å². The van der Waals surface area contributed by atoms with E-state index in [4.69, 9.17) is 4.99 Å². The molecule has 3 N–H and O–H groups in total. The molecular formula is C19H36N6O. The van der Waals surface area contributed by atoms with Gasteiger partial charge in [0.15, 0.2) is 11.8 Å². The zero-order chi connectivity index (χ0) is 18.9. The first-order chi connectivity index (χ1) is 12.5. The van der Waals surface area contributed by atoms with Crippen molar-refractivity contribution in [3.8, 4) is 0 Å². The highest BCUT2D eigenvalue weighted by Crippen LogP contribution is 2.16. The molecule has 1 aromatic rings. The van der Waals surface area contributed by atoms with E-state index >= 15 is 0 Å². The van der Waals surface area contributed by atoms with Crippen molar-refractivity contribution < 1.29 is 5.11 Å². The summed E-state index contributed by atoms with van der Waals surface area (Å²) in [6.07, 6.45) is 4.77. The Morgan fingerprint density at radius 1 is 1.38 bits per heavy atom. The molecule has 7 heteroatoms. The van der Waals surface area contributed by atoms with E-state index in [-0.39, 0.29) is 6.61 Å². The molecular weight excluding hydrogens is 328 g/mol. The summed E-state index contributed by atoms with van der Waals surface area (Å²) in [5.74, 6) is 3.94. The van der Waals surface area contributed by atoms with Gasteiger partial charge >= 0.3 is 0 Å². The highest BCUT2D eigenvalue weighted by molar-refractivity contribution is 5.80. The number of hydrogen-bond acceptors (Lipinski definition) is 4. The molecule has 1 aliphatic rings. The maximum absolute atomic E-state index is 9.30. The molecule has 0 bridgehead atoms. The first kappa shape index (κ1) is 20.7. The van der Waals surface area contributed by atoms with E-state index in [1.165, 1.54) is 0 Å². The lowest BCUT2D eigenvalue weighted by Crippen LogP contribution is -2.47. The normalized spacial score (nSPS) is 18.7. The van der Waals surface area contributed by atoms with E-state index in [1.807, 2.05) is 4.68 Å². The predicted octanol–water partition coefficient (Wildman–Crippen LogP) is 1.76. The van der Waals surface area contributed by atoms with Gasteiger partial charge < -0.3 is 15.7 Å². The quantitative estimate of drug-likeness (QED) is 0.459. The SMILES string of the molecule is CCNC(=NCC(CCO)CC(C)C)NC1CCc2nc(CC)nn2C1. The Morgan fingerprint density at radius 2 is 2.19 bits per heavy atom. The second-order valence-corrected chi connectivity index (χ2v) is 7.59. The number of fused-ring (bicyclic) bond motifs is 1. The van der Waals surface area contributed by atoms with E-state index in [0.717, 1.165) is 69.3 Å². The Bertz CT molecular complexity index is 568. The molecule has 0 radical (unpaired) electrons. The maximum atomic E-state index is 9.30. The molecule has 1 aliphatic heterocycles. The predicted molar refractivity (Wildman–Crippen MR) is 105 cm³/mol. The molecule has 0 aromatic carbocycles. The second-order valence-electron chi connectivity index (χ2n) is 7.59. The largest absolute Gasteiger partial charge is 0.396 e. The minimum atomic E-state index is 0.230. The standard InChI is InChI=1S/C19H36N6O/c1-5-17-23-18-8-7-16(13-25(18)24-17)22-19(20-6-2)21-12-15(9-10-26)11-14(3)4/h14-16,26H,5-13H2,1-4H3,(H2,20,21,22). The lowest BCUT2D eigenvalue weighted by Gasteiger charge is -2.26. The van der Waals surface area contributed by atoms with Crippen LogP contribution in [0.25, 0.3) is 0 Å². The Morgan fingerprint density at radius 3 is 2.85 bits per heavy atom. The summed E-state index contributed by atoms with van der Waals surface area (Å²) < 4.78 is 2.04. The van der Waals surface area contributed by atoms with Gasteiger partial charge in [-0.1, -0.05) is 20.8 Å². The van der Waals surface area contributed by atoms with Gasteiger partial charge in [0.1, 0.15) is 5.82 Å². The first-order valence-electron chi connectivity index (χ1n) is 10.1. The Balaban J connectivity index is 1.96. The van der Waals surface area contributed by atoms with Crippen LogP contribution in [0.3, 0.4) is 0 Å². The number of aliphatic hydroxyl groups is 1. The van der Waals surface area contributed by atoms with Crippen LogP contribution in [-0.4, -0.2) is 51.6 Å². The third kappa shape index (κ3) is 6.27. The van der Waals surface area contributed by atoms with Crippen LogP contribution in [0, 0.1) is 11.8 Å². The van der Waals surface area contributed by atoms with E-state index in [2.05, 4.69) is 48.4 Å². The number of aromatic nitrogens is 3. The molecule has 0 saturated carbocycles. The van der Waals surface area contributed by atoms with Crippen LogP contribution in [0.4, 0.5) is 0 Å². The van der Waals surface area contributed by atoms with Crippen LogP contribution in [0.5, 0.6) is 0 Å². The van der Waals surface area contributed by atoms with Crippen LogP contribution in [0.2, 0.25) is 0 Å². The van der Waals surface area contributed by atoms with Gasteiger partial charge in [-0.05, 0) is 38.0 Å². The molecule has 2 atom stereocenters. The smallest absolute Gasteiger partial charge is 0.191 e. The fraction of sp³-hybridized carbons (Fsp3) is 0.842. The topological polar surface area (TPSA) is 87.4 Å². The molecule has 0 saturated heterocycles. The summed E-state index contributed by atoms with van der Waals surface area (Å²) in [6, 6.07) is 0.313. The maximum Gasteiger partial charge on any atom is 0.191 e. The fourth-order valence-electron chi connectivity index (χ4n) is 3.49. The molecule has 2 heterocycles. The minimum Gasteiger partial charge on any atom is -0.396 e. The van der Waals surface area contributed by atoms with Crippen molar-refractivity contribution in [1.82, 2.24) is 25.4 Å². The third-order valence-corrected chi connectivity index (χ3v) is 4.75. The molecule has 2 unspecified atom stereocenters. The van der Waals surface area contributed by atoms with E-state index in [9.17, 15) is 5.11 Å². The van der Waals surface area contributed by atoms with Crippen molar-refractivity contribution in [3.05, 3.63) is 11.6 Å².